The van der Waals surface area contributed by atoms with Crippen molar-refractivity contribution in [2.24, 2.45) is 0 Å². The van der Waals surface area contributed by atoms with Crippen LogP contribution < -0.4 is 5.32 Å². The summed E-state index contributed by atoms with van der Waals surface area (Å²) in [6, 6.07) is 4.17. The number of nitrogens with one attached hydrogen (secondary N) is 1. The molecule has 96 valence electrons. The Bertz CT molecular complexity index is 317. The van der Waals surface area contributed by atoms with Crippen molar-refractivity contribution in [3.05, 3.63) is 24.0 Å². The van der Waals surface area contributed by atoms with Gasteiger partial charge in [-0.25, -0.2) is 0 Å². The van der Waals surface area contributed by atoms with Crippen LogP contribution in [0.3, 0.4) is 0 Å². The molecule has 4 heteroatoms. The molecule has 0 aliphatic heterocycles. The smallest absolute Gasteiger partial charge is 0.0564 e. The largest absolute Gasteiger partial charge is 0.385 e. The monoisotopic (exact) mass is 253 g/mol. The Morgan fingerprint density at radius 3 is 3.00 bits per heavy atom. The second-order valence-electron chi connectivity index (χ2n) is 4.19. The molecule has 0 saturated carbocycles. The molecule has 0 amide bonds. The van der Waals surface area contributed by atoms with E-state index in [0.717, 1.165) is 31.7 Å². The third-order valence-corrected chi connectivity index (χ3v) is 3.10. The first kappa shape index (κ1) is 14.3. The van der Waals surface area contributed by atoms with Gasteiger partial charge < -0.3 is 5.32 Å². The molecule has 1 rings (SSSR count). The molecule has 1 aromatic heterocycles. The normalized spacial score (nSPS) is 10.8. The SMILES string of the molecule is CCCNc1ccnc(CN(C)CCSC)c1. The van der Waals surface area contributed by atoms with E-state index >= 15 is 0 Å². The molecule has 0 aliphatic carbocycles. The van der Waals surface area contributed by atoms with Crippen LogP contribution in [0.25, 0.3) is 0 Å². The van der Waals surface area contributed by atoms with Crippen molar-refractivity contribution in [3.63, 3.8) is 0 Å². The summed E-state index contributed by atoms with van der Waals surface area (Å²) in [5.41, 5.74) is 2.31. The predicted molar refractivity (Wildman–Crippen MR) is 77.7 cm³/mol. The van der Waals surface area contributed by atoms with Crippen LogP contribution in [0, 0.1) is 0 Å². The van der Waals surface area contributed by atoms with Crippen LogP contribution in [0.15, 0.2) is 18.3 Å². The van der Waals surface area contributed by atoms with Gasteiger partial charge in [0.25, 0.3) is 0 Å². The topological polar surface area (TPSA) is 28.2 Å². The molecular formula is C13H23N3S. The van der Waals surface area contributed by atoms with E-state index in [-0.39, 0.29) is 0 Å². The highest BCUT2D eigenvalue weighted by Gasteiger charge is 2.02. The Morgan fingerprint density at radius 1 is 1.47 bits per heavy atom. The Kier molecular flexibility index (Phi) is 7.05. The lowest BCUT2D eigenvalue weighted by atomic mass is 10.3. The van der Waals surface area contributed by atoms with Gasteiger partial charge in [0.15, 0.2) is 0 Å². The Balaban J connectivity index is 2.47. The third kappa shape index (κ3) is 5.94. The number of hydrogen-bond acceptors (Lipinski definition) is 4. The average Bonchev–Trinajstić information content (AvgIpc) is 2.34. The number of nitrogens with zero attached hydrogens (tertiary/aromatic N) is 2. The van der Waals surface area contributed by atoms with Crippen molar-refractivity contribution < 1.29 is 0 Å². The van der Waals surface area contributed by atoms with E-state index in [0.29, 0.717) is 0 Å². The molecule has 0 aliphatic rings. The quantitative estimate of drug-likeness (QED) is 0.771. The van der Waals surface area contributed by atoms with Gasteiger partial charge in [0.1, 0.15) is 0 Å². The van der Waals surface area contributed by atoms with E-state index in [1.165, 1.54) is 11.4 Å². The van der Waals surface area contributed by atoms with Crippen LogP contribution in [0.2, 0.25) is 0 Å². The van der Waals surface area contributed by atoms with Crippen LogP contribution in [0.4, 0.5) is 5.69 Å². The van der Waals surface area contributed by atoms with Crippen LogP contribution in [-0.2, 0) is 6.54 Å². The zero-order valence-electron chi connectivity index (χ0n) is 11.1. The standard InChI is InChI=1S/C13H23N3S/c1-4-6-14-12-5-7-15-13(10-12)11-16(2)8-9-17-3/h5,7,10H,4,6,8-9,11H2,1-3H3,(H,14,15). The van der Waals surface area contributed by atoms with Crippen molar-refractivity contribution in [1.82, 2.24) is 9.88 Å². The highest BCUT2D eigenvalue weighted by Crippen LogP contribution is 2.09. The van der Waals surface area contributed by atoms with Crippen molar-refractivity contribution in [3.8, 4) is 0 Å². The first-order chi connectivity index (χ1) is 8.26. The number of hydrogen-bond donors (Lipinski definition) is 1. The number of pyridine rings is 1. The van der Waals surface area contributed by atoms with E-state index in [2.05, 4.69) is 41.5 Å². The van der Waals surface area contributed by atoms with Crippen molar-refractivity contribution in [2.75, 3.05) is 37.5 Å². The molecule has 3 nitrogen and oxygen atoms in total. The van der Waals surface area contributed by atoms with Gasteiger partial charge in [0.2, 0.25) is 0 Å². The van der Waals surface area contributed by atoms with Crippen LogP contribution in [0.1, 0.15) is 19.0 Å². The summed E-state index contributed by atoms with van der Waals surface area (Å²) in [5.74, 6) is 1.17. The summed E-state index contributed by atoms with van der Waals surface area (Å²) in [6.45, 7) is 5.22. The second kappa shape index (κ2) is 8.37. The van der Waals surface area contributed by atoms with Gasteiger partial charge in [-0.15, -0.1) is 0 Å². The lowest BCUT2D eigenvalue weighted by molar-refractivity contribution is 0.344. The highest BCUT2D eigenvalue weighted by atomic mass is 32.2. The summed E-state index contributed by atoms with van der Waals surface area (Å²) in [4.78, 5) is 6.72. The van der Waals surface area contributed by atoms with Crippen molar-refractivity contribution in [2.45, 2.75) is 19.9 Å². The van der Waals surface area contributed by atoms with Gasteiger partial charge in [-0.05, 0) is 31.9 Å². The van der Waals surface area contributed by atoms with Gasteiger partial charge in [0.05, 0.1) is 5.69 Å². The summed E-state index contributed by atoms with van der Waals surface area (Å²) in [7, 11) is 2.14. The summed E-state index contributed by atoms with van der Waals surface area (Å²) in [6.07, 6.45) is 5.17. The second-order valence-corrected chi connectivity index (χ2v) is 5.18. The lowest BCUT2D eigenvalue weighted by Crippen LogP contribution is -2.21. The molecule has 17 heavy (non-hydrogen) atoms. The molecule has 1 aromatic rings. The Labute approximate surface area is 109 Å². The Morgan fingerprint density at radius 2 is 2.29 bits per heavy atom. The molecule has 1 N–H and O–H groups in total. The van der Waals surface area contributed by atoms with E-state index in [1.807, 2.05) is 24.0 Å². The molecule has 0 saturated heterocycles. The summed E-state index contributed by atoms with van der Waals surface area (Å²) < 4.78 is 0. The highest BCUT2D eigenvalue weighted by molar-refractivity contribution is 7.98. The molecule has 0 atom stereocenters. The van der Waals surface area contributed by atoms with Crippen LogP contribution in [0.5, 0.6) is 0 Å². The van der Waals surface area contributed by atoms with Gasteiger partial charge in [-0.3, -0.25) is 9.88 Å². The molecule has 0 fully saturated rings. The van der Waals surface area contributed by atoms with E-state index in [4.69, 9.17) is 0 Å². The third-order valence-electron chi connectivity index (χ3n) is 2.50. The van der Waals surface area contributed by atoms with Gasteiger partial charge >= 0.3 is 0 Å². The first-order valence-electron chi connectivity index (χ1n) is 6.12. The van der Waals surface area contributed by atoms with Crippen molar-refractivity contribution >= 4 is 17.4 Å². The molecule has 0 aromatic carbocycles. The maximum absolute atomic E-state index is 4.41. The molecule has 0 unspecified atom stereocenters. The number of anilines is 1. The number of rotatable bonds is 8. The Hall–Kier alpha value is -0.740. The summed E-state index contributed by atoms with van der Waals surface area (Å²) in [5, 5.41) is 3.39. The number of thioether (sulfide) groups is 1. The van der Waals surface area contributed by atoms with Crippen LogP contribution in [-0.4, -0.2) is 42.0 Å². The fourth-order valence-corrected chi connectivity index (χ4v) is 2.04. The summed E-state index contributed by atoms with van der Waals surface area (Å²) >= 11 is 1.88. The molecule has 0 spiro atoms. The molecular weight excluding hydrogens is 230 g/mol. The maximum atomic E-state index is 4.41. The van der Waals surface area contributed by atoms with Crippen molar-refractivity contribution in [1.29, 1.82) is 0 Å². The van der Waals surface area contributed by atoms with Gasteiger partial charge in [0, 0.05) is 37.3 Å². The van der Waals surface area contributed by atoms with E-state index in [9.17, 15) is 0 Å². The first-order valence-corrected chi connectivity index (χ1v) is 7.52. The maximum Gasteiger partial charge on any atom is 0.0564 e. The molecule has 0 radical (unpaired) electrons. The minimum Gasteiger partial charge on any atom is -0.385 e. The van der Waals surface area contributed by atoms with Gasteiger partial charge in [-0.1, -0.05) is 6.92 Å². The van der Waals surface area contributed by atoms with E-state index < -0.39 is 0 Å². The zero-order valence-corrected chi connectivity index (χ0v) is 11.9. The minimum atomic E-state index is 0.919. The predicted octanol–water partition coefficient (Wildman–Crippen LogP) is 2.70. The fraction of sp³-hybridized carbons (Fsp3) is 0.615. The van der Waals surface area contributed by atoms with Crippen LogP contribution >= 0.6 is 11.8 Å². The molecule has 1 heterocycles. The zero-order chi connectivity index (χ0) is 12.5. The molecule has 0 bridgehead atoms. The van der Waals surface area contributed by atoms with E-state index in [1.54, 1.807) is 0 Å². The average molecular weight is 253 g/mol. The number of aromatic nitrogens is 1. The van der Waals surface area contributed by atoms with Gasteiger partial charge in [-0.2, -0.15) is 11.8 Å². The fourth-order valence-electron chi connectivity index (χ4n) is 1.55. The lowest BCUT2D eigenvalue weighted by Gasteiger charge is -2.15. The minimum absolute atomic E-state index is 0.919.